The van der Waals surface area contributed by atoms with E-state index in [4.69, 9.17) is 11.6 Å². The average Bonchev–Trinajstić information content (AvgIpc) is 2.81. The molecule has 1 aromatic carbocycles. The van der Waals surface area contributed by atoms with Crippen LogP contribution in [0.4, 0.5) is 0 Å². The standard InChI is InChI=1S/C16H19BrClNS/c1-11(2)19-10-13(9-15-7-8-16(18)20-15)12-3-5-14(17)6-4-12/h3-8,11,13,19H,9-10H2,1-2H3. The van der Waals surface area contributed by atoms with Crippen molar-refractivity contribution in [2.75, 3.05) is 6.54 Å². The normalized spacial score (nSPS) is 12.8. The van der Waals surface area contributed by atoms with Crippen molar-refractivity contribution in [3.05, 3.63) is 55.6 Å². The Hall–Kier alpha value is -0.350. The zero-order valence-corrected chi connectivity index (χ0v) is 14.9. The highest BCUT2D eigenvalue weighted by Crippen LogP contribution is 2.28. The van der Waals surface area contributed by atoms with E-state index in [0.717, 1.165) is 21.8 Å². The Bertz CT molecular complexity index is 536. The molecule has 2 rings (SSSR count). The Morgan fingerprint density at radius 3 is 2.40 bits per heavy atom. The van der Waals surface area contributed by atoms with Gasteiger partial charge in [0.25, 0.3) is 0 Å². The van der Waals surface area contributed by atoms with E-state index in [2.05, 4.69) is 65.4 Å². The van der Waals surface area contributed by atoms with Crippen LogP contribution in [0.25, 0.3) is 0 Å². The first-order chi connectivity index (χ1) is 9.54. The molecule has 0 fully saturated rings. The Labute approximate surface area is 138 Å². The lowest BCUT2D eigenvalue weighted by Crippen LogP contribution is -2.28. The predicted octanol–water partition coefficient (Wildman–Crippen LogP) is 5.49. The topological polar surface area (TPSA) is 12.0 Å². The van der Waals surface area contributed by atoms with Gasteiger partial charge in [-0.2, -0.15) is 0 Å². The van der Waals surface area contributed by atoms with Crippen molar-refractivity contribution in [2.24, 2.45) is 0 Å². The maximum Gasteiger partial charge on any atom is 0.0931 e. The lowest BCUT2D eigenvalue weighted by Gasteiger charge is -2.19. The van der Waals surface area contributed by atoms with Gasteiger partial charge in [-0.3, -0.25) is 0 Å². The molecule has 0 saturated heterocycles. The minimum Gasteiger partial charge on any atom is -0.314 e. The van der Waals surface area contributed by atoms with Crippen LogP contribution in [0.2, 0.25) is 4.34 Å². The number of halogens is 2. The second kappa shape index (κ2) is 7.60. The second-order valence-corrected chi connectivity index (χ2v) is 7.94. The Kier molecular flexibility index (Phi) is 6.09. The van der Waals surface area contributed by atoms with Crippen LogP contribution in [-0.2, 0) is 6.42 Å². The molecule has 1 aromatic heterocycles. The summed E-state index contributed by atoms with van der Waals surface area (Å²) >= 11 is 11.2. The highest BCUT2D eigenvalue weighted by Gasteiger charge is 2.14. The molecule has 1 unspecified atom stereocenters. The maximum atomic E-state index is 6.03. The highest BCUT2D eigenvalue weighted by atomic mass is 79.9. The lowest BCUT2D eigenvalue weighted by atomic mass is 9.94. The number of thiophene rings is 1. The molecular formula is C16H19BrClNS. The molecule has 0 aliphatic heterocycles. The molecule has 20 heavy (non-hydrogen) atoms. The smallest absolute Gasteiger partial charge is 0.0931 e. The van der Waals surface area contributed by atoms with Crippen molar-refractivity contribution in [1.29, 1.82) is 0 Å². The fourth-order valence-electron chi connectivity index (χ4n) is 2.13. The number of hydrogen-bond donors (Lipinski definition) is 1. The summed E-state index contributed by atoms with van der Waals surface area (Å²) in [6.07, 6.45) is 1.03. The first kappa shape index (κ1) is 16.0. The molecule has 0 aliphatic carbocycles. The molecule has 1 heterocycles. The molecule has 108 valence electrons. The minimum absolute atomic E-state index is 0.472. The average molecular weight is 373 g/mol. The van der Waals surface area contributed by atoms with Gasteiger partial charge in [-0.05, 0) is 36.2 Å². The maximum absolute atomic E-state index is 6.03. The van der Waals surface area contributed by atoms with Gasteiger partial charge in [-0.25, -0.2) is 0 Å². The van der Waals surface area contributed by atoms with E-state index in [1.165, 1.54) is 10.4 Å². The summed E-state index contributed by atoms with van der Waals surface area (Å²) in [5, 5.41) is 3.55. The van der Waals surface area contributed by atoms with E-state index in [9.17, 15) is 0 Å². The van der Waals surface area contributed by atoms with E-state index in [-0.39, 0.29) is 0 Å². The van der Waals surface area contributed by atoms with E-state index in [1.807, 2.05) is 6.07 Å². The van der Waals surface area contributed by atoms with Gasteiger partial charge in [0.15, 0.2) is 0 Å². The van der Waals surface area contributed by atoms with Crippen LogP contribution in [0.1, 0.15) is 30.2 Å². The molecule has 1 atom stereocenters. The lowest BCUT2D eigenvalue weighted by molar-refractivity contribution is 0.528. The third kappa shape index (κ3) is 4.88. The fraction of sp³-hybridized carbons (Fsp3) is 0.375. The van der Waals surface area contributed by atoms with Gasteiger partial charge in [-0.1, -0.05) is 53.5 Å². The summed E-state index contributed by atoms with van der Waals surface area (Å²) < 4.78 is 1.99. The molecule has 0 saturated carbocycles. The van der Waals surface area contributed by atoms with Crippen molar-refractivity contribution in [1.82, 2.24) is 5.32 Å². The highest BCUT2D eigenvalue weighted by molar-refractivity contribution is 9.10. The molecule has 0 amide bonds. The number of nitrogens with one attached hydrogen (secondary N) is 1. The molecular weight excluding hydrogens is 354 g/mol. The van der Waals surface area contributed by atoms with Gasteiger partial charge in [0.05, 0.1) is 4.34 Å². The SMILES string of the molecule is CC(C)NCC(Cc1ccc(Cl)s1)c1ccc(Br)cc1. The van der Waals surface area contributed by atoms with Crippen molar-refractivity contribution in [3.63, 3.8) is 0 Å². The van der Waals surface area contributed by atoms with Gasteiger partial charge in [0.2, 0.25) is 0 Å². The van der Waals surface area contributed by atoms with Crippen LogP contribution in [0.3, 0.4) is 0 Å². The number of hydrogen-bond acceptors (Lipinski definition) is 2. The zero-order valence-electron chi connectivity index (χ0n) is 11.7. The Morgan fingerprint density at radius 2 is 1.85 bits per heavy atom. The van der Waals surface area contributed by atoms with Crippen LogP contribution in [-0.4, -0.2) is 12.6 Å². The zero-order chi connectivity index (χ0) is 14.5. The van der Waals surface area contributed by atoms with Crippen LogP contribution >= 0.6 is 38.9 Å². The molecule has 1 N–H and O–H groups in total. The van der Waals surface area contributed by atoms with E-state index in [0.29, 0.717) is 12.0 Å². The third-order valence-electron chi connectivity index (χ3n) is 3.19. The Morgan fingerprint density at radius 1 is 1.15 bits per heavy atom. The minimum atomic E-state index is 0.472. The van der Waals surface area contributed by atoms with Crippen LogP contribution < -0.4 is 5.32 Å². The molecule has 2 aromatic rings. The van der Waals surface area contributed by atoms with E-state index < -0.39 is 0 Å². The summed E-state index contributed by atoms with van der Waals surface area (Å²) in [5.41, 5.74) is 1.37. The van der Waals surface area contributed by atoms with Gasteiger partial charge >= 0.3 is 0 Å². The molecule has 0 radical (unpaired) electrons. The summed E-state index contributed by atoms with van der Waals surface area (Å²) in [4.78, 5) is 1.34. The van der Waals surface area contributed by atoms with Gasteiger partial charge < -0.3 is 5.32 Å². The summed E-state index contributed by atoms with van der Waals surface area (Å²) in [7, 11) is 0. The fourth-order valence-corrected chi connectivity index (χ4v) is 3.56. The first-order valence-electron chi connectivity index (χ1n) is 6.77. The van der Waals surface area contributed by atoms with E-state index >= 15 is 0 Å². The van der Waals surface area contributed by atoms with Crippen molar-refractivity contribution < 1.29 is 0 Å². The Balaban J connectivity index is 2.13. The number of rotatable bonds is 6. The van der Waals surface area contributed by atoms with Crippen molar-refractivity contribution >= 4 is 38.9 Å². The summed E-state index contributed by atoms with van der Waals surface area (Å²) in [6.45, 7) is 5.34. The first-order valence-corrected chi connectivity index (χ1v) is 8.76. The summed E-state index contributed by atoms with van der Waals surface area (Å²) in [5.74, 6) is 0.472. The molecule has 0 spiro atoms. The molecule has 4 heteroatoms. The van der Waals surface area contributed by atoms with Crippen LogP contribution in [0.15, 0.2) is 40.9 Å². The second-order valence-electron chi connectivity index (χ2n) is 5.22. The van der Waals surface area contributed by atoms with Crippen LogP contribution in [0.5, 0.6) is 0 Å². The van der Waals surface area contributed by atoms with Crippen molar-refractivity contribution in [2.45, 2.75) is 32.2 Å². The van der Waals surface area contributed by atoms with Crippen molar-refractivity contribution in [3.8, 4) is 0 Å². The van der Waals surface area contributed by atoms with Crippen LogP contribution in [0, 0.1) is 0 Å². The third-order valence-corrected chi connectivity index (χ3v) is 4.97. The largest absolute Gasteiger partial charge is 0.314 e. The quantitative estimate of drug-likeness (QED) is 0.707. The molecule has 0 aliphatic rings. The molecule has 1 nitrogen and oxygen atoms in total. The van der Waals surface area contributed by atoms with E-state index in [1.54, 1.807) is 11.3 Å². The summed E-state index contributed by atoms with van der Waals surface area (Å²) in [6, 6.07) is 13.2. The number of benzene rings is 1. The van der Waals surface area contributed by atoms with Gasteiger partial charge in [-0.15, -0.1) is 11.3 Å². The predicted molar refractivity (Wildman–Crippen MR) is 93.1 cm³/mol. The van der Waals surface area contributed by atoms with Gasteiger partial charge in [0, 0.05) is 27.9 Å². The van der Waals surface area contributed by atoms with Gasteiger partial charge in [0.1, 0.15) is 0 Å². The molecule has 0 bridgehead atoms. The monoisotopic (exact) mass is 371 g/mol.